The molecule has 5 rings (SSSR count). The lowest BCUT2D eigenvalue weighted by atomic mass is 9.88. The van der Waals surface area contributed by atoms with E-state index in [0.29, 0.717) is 24.9 Å². The first kappa shape index (κ1) is 30.1. The molecule has 0 aliphatic heterocycles. The van der Waals surface area contributed by atoms with Crippen molar-refractivity contribution in [3.8, 4) is 5.69 Å². The minimum atomic E-state index is -4.58. The smallest absolute Gasteiger partial charge is 0.355 e. The van der Waals surface area contributed by atoms with E-state index < -0.39 is 22.5 Å². The number of fused-ring (bicyclic) bond motifs is 1. The molecule has 1 unspecified atom stereocenters. The lowest BCUT2D eigenvalue weighted by Gasteiger charge is -2.21. The van der Waals surface area contributed by atoms with Gasteiger partial charge in [0.25, 0.3) is 5.56 Å². The van der Waals surface area contributed by atoms with Crippen molar-refractivity contribution < 1.29 is 18.0 Å². The zero-order chi connectivity index (χ0) is 30.4. The van der Waals surface area contributed by atoms with Gasteiger partial charge in [-0.25, -0.2) is 4.98 Å². The maximum Gasteiger partial charge on any atom is 0.416 e. The predicted octanol–water partition coefficient (Wildman–Crippen LogP) is 7.61. The molecule has 0 radical (unpaired) electrons. The van der Waals surface area contributed by atoms with Crippen molar-refractivity contribution in [3.05, 3.63) is 136 Å². The van der Waals surface area contributed by atoms with Gasteiger partial charge in [0.1, 0.15) is 0 Å². The van der Waals surface area contributed by atoms with Crippen LogP contribution in [0.25, 0.3) is 16.6 Å². The highest BCUT2D eigenvalue weighted by Gasteiger charge is 2.31. The van der Waals surface area contributed by atoms with Crippen molar-refractivity contribution in [2.75, 3.05) is 6.54 Å². The minimum Gasteiger partial charge on any atom is -0.355 e. The standard InChI is InChI=1S/C34H30F3N3O2S/c1-2-30(31(41)38-21-20-27(23-12-5-3-6-13-23)24-14-7-4-8-15-24)43-33-39-29-19-10-9-18-28(29)32(42)40(33)26-17-11-16-25(22-26)34(35,36)37/h3-19,22,27,30H,2,20-21H2,1H3,(H,38,41). The third-order valence-electron chi connectivity index (χ3n) is 7.22. The number of hydrogen-bond acceptors (Lipinski definition) is 4. The van der Waals surface area contributed by atoms with E-state index in [1.54, 1.807) is 24.3 Å². The highest BCUT2D eigenvalue weighted by molar-refractivity contribution is 8.00. The van der Waals surface area contributed by atoms with Crippen LogP contribution in [0.3, 0.4) is 0 Å². The number of rotatable bonds is 10. The second-order valence-corrected chi connectivity index (χ2v) is 11.2. The molecule has 1 aromatic heterocycles. The second-order valence-electron chi connectivity index (χ2n) is 10.1. The predicted molar refractivity (Wildman–Crippen MR) is 165 cm³/mol. The van der Waals surface area contributed by atoms with Crippen LogP contribution >= 0.6 is 11.8 Å². The number of alkyl halides is 3. The van der Waals surface area contributed by atoms with Crippen LogP contribution in [-0.4, -0.2) is 27.3 Å². The molecule has 4 aromatic carbocycles. The van der Waals surface area contributed by atoms with E-state index in [0.717, 1.165) is 35.0 Å². The summed E-state index contributed by atoms with van der Waals surface area (Å²) in [6.45, 7) is 2.26. The first-order valence-electron chi connectivity index (χ1n) is 14.0. The molecule has 1 atom stereocenters. The third kappa shape index (κ3) is 7.00. The number of hydrogen-bond donors (Lipinski definition) is 1. The summed E-state index contributed by atoms with van der Waals surface area (Å²) in [5.41, 5.74) is 1.35. The summed E-state index contributed by atoms with van der Waals surface area (Å²) in [6, 6.07) is 31.4. The van der Waals surface area contributed by atoms with E-state index in [4.69, 9.17) is 0 Å². The SMILES string of the molecule is CCC(Sc1nc2ccccc2c(=O)n1-c1cccc(C(F)(F)F)c1)C(=O)NCCC(c1ccccc1)c1ccccc1. The normalized spacial score (nSPS) is 12.4. The van der Waals surface area contributed by atoms with Gasteiger partial charge in [-0.3, -0.25) is 14.2 Å². The van der Waals surface area contributed by atoms with Crippen LogP contribution in [0, 0.1) is 0 Å². The number of amides is 1. The summed E-state index contributed by atoms with van der Waals surface area (Å²) in [5, 5.41) is 2.83. The fourth-order valence-corrected chi connectivity index (χ4v) is 6.10. The Morgan fingerprint density at radius 3 is 2.14 bits per heavy atom. The van der Waals surface area contributed by atoms with Gasteiger partial charge in [-0.2, -0.15) is 13.2 Å². The van der Waals surface area contributed by atoms with Crippen LogP contribution in [0.4, 0.5) is 13.2 Å². The van der Waals surface area contributed by atoms with Gasteiger partial charge in [0, 0.05) is 12.5 Å². The summed E-state index contributed by atoms with van der Waals surface area (Å²) in [4.78, 5) is 31.6. The Kier molecular flexibility index (Phi) is 9.31. The van der Waals surface area contributed by atoms with E-state index in [1.165, 1.54) is 16.7 Å². The molecule has 0 aliphatic carbocycles. The molecule has 0 aliphatic rings. The molecule has 5 aromatic rings. The van der Waals surface area contributed by atoms with Crippen molar-refractivity contribution in [2.24, 2.45) is 0 Å². The monoisotopic (exact) mass is 601 g/mol. The van der Waals surface area contributed by atoms with E-state index in [2.05, 4.69) is 34.6 Å². The van der Waals surface area contributed by atoms with Crippen LogP contribution < -0.4 is 10.9 Å². The minimum absolute atomic E-state index is 0.0319. The highest BCUT2D eigenvalue weighted by Crippen LogP contribution is 2.32. The van der Waals surface area contributed by atoms with Crippen LogP contribution in [0.5, 0.6) is 0 Å². The van der Waals surface area contributed by atoms with Crippen LogP contribution in [0.15, 0.2) is 119 Å². The number of para-hydroxylation sites is 1. The Morgan fingerprint density at radius 1 is 0.884 bits per heavy atom. The van der Waals surface area contributed by atoms with Gasteiger partial charge < -0.3 is 5.32 Å². The van der Waals surface area contributed by atoms with Crippen molar-refractivity contribution >= 4 is 28.6 Å². The Balaban J connectivity index is 1.40. The highest BCUT2D eigenvalue weighted by atomic mass is 32.2. The molecule has 9 heteroatoms. The average molecular weight is 602 g/mol. The van der Waals surface area contributed by atoms with Gasteiger partial charge in [-0.05, 0) is 54.3 Å². The fraction of sp³-hybridized carbons (Fsp3) is 0.206. The number of nitrogens with one attached hydrogen (secondary N) is 1. The molecule has 1 N–H and O–H groups in total. The lowest BCUT2D eigenvalue weighted by Crippen LogP contribution is -2.34. The van der Waals surface area contributed by atoms with Gasteiger partial charge in [0.2, 0.25) is 5.91 Å². The van der Waals surface area contributed by atoms with Gasteiger partial charge >= 0.3 is 6.18 Å². The van der Waals surface area contributed by atoms with Crippen molar-refractivity contribution in [1.82, 2.24) is 14.9 Å². The largest absolute Gasteiger partial charge is 0.416 e. The van der Waals surface area contributed by atoms with E-state index in [9.17, 15) is 22.8 Å². The number of carbonyl (C=O) groups excluding carboxylic acids is 1. The lowest BCUT2D eigenvalue weighted by molar-refractivity contribution is -0.137. The summed E-state index contributed by atoms with van der Waals surface area (Å²) < 4.78 is 41.8. The van der Waals surface area contributed by atoms with Crippen molar-refractivity contribution in [3.63, 3.8) is 0 Å². The molecule has 43 heavy (non-hydrogen) atoms. The third-order valence-corrected chi connectivity index (χ3v) is 8.54. The van der Waals surface area contributed by atoms with E-state index in [-0.39, 0.29) is 28.1 Å². The Labute approximate surface area is 251 Å². The van der Waals surface area contributed by atoms with Crippen molar-refractivity contribution in [1.29, 1.82) is 0 Å². The molecular weight excluding hydrogens is 571 g/mol. The average Bonchev–Trinajstić information content (AvgIpc) is 3.02. The molecule has 0 fully saturated rings. The van der Waals surface area contributed by atoms with Gasteiger partial charge in [-0.15, -0.1) is 0 Å². The number of carbonyl (C=O) groups is 1. The number of thioether (sulfide) groups is 1. The van der Waals surface area contributed by atoms with E-state index in [1.807, 2.05) is 43.3 Å². The van der Waals surface area contributed by atoms with Crippen LogP contribution in [-0.2, 0) is 11.0 Å². The van der Waals surface area contributed by atoms with E-state index >= 15 is 0 Å². The molecule has 220 valence electrons. The number of benzene rings is 4. The zero-order valence-electron chi connectivity index (χ0n) is 23.4. The van der Waals surface area contributed by atoms with Gasteiger partial charge in [0.15, 0.2) is 5.16 Å². The topological polar surface area (TPSA) is 64.0 Å². The molecule has 5 nitrogen and oxygen atoms in total. The zero-order valence-corrected chi connectivity index (χ0v) is 24.2. The first-order chi connectivity index (χ1) is 20.8. The summed E-state index contributed by atoms with van der Waals surface area (Å²) in [7, 11) is 0. The maximum absolute atomic E-state index is 13.6. The number of nitrogens with zero attached hydrogens (tertiary/aromatic N) is 2. The first-order valence-corrected chi connectivity index (χ1v) is 14.9. The van der Waals surface area contributed by atoms with Gasteiger partial charge in [0.05, 0.1) is 27.4 Å². The molecule has 0 saturated heterocycles. The quantitative estimate of drug-likeness (QED) is 0.132. The maximum atomic E-state index is 13.6. The fourth-order valence-electron chi connectivity index (χ4n) is 5.04. The molecular formula is C34H30F3N3O2S. The van der Waals surface area contributed by atoms with Crippen LogP contribution in [0.1, 0.15) is 42.4 Å². The summed E-state index contributed by atoms with van der Waals surface area (Å²) in [5.74, 6) is -0.144. The Bertz CT molecular complexity index is 1720. The Morgan fingerprint density at radius 2 is 1.51 bits per heavy atom. The van der Waals surface area contributed by atoms with Gasteiger partial charge in [-0.1, -0.05) is 97.5 Å². The molecule has 0 spiro atoms. The molecule has 1 heterocycles. The number of halogens is 3. The second kappa shape index (κ2) is 13.3. The molecule has 0 bridgehead atoms. The number of aromatic nitrogens is 2. The summed E-state index contributed by atoms with van der Waals surface area (Å²) >= 11 is 1.07. The van der Waals surface area contributed by atoms with Crippen LogP contribution in [0.2, 0.25) is 0 Å². The Hall–Kier alpha value is -4.37. The molecule has 0 saturated carbocycles. The van der Waals surface area contributed by atoms with Crippen molar-refractivity contribution in [2.45, 2.75) is 42.3 Å². The molecule has 1 amide bonds. The summed E-state index contributed by atoms with van der Waals surface area (Å²) in [6.07, 6.45) is -3.49.